The SMILES string of the molecule is O=C(CCCOc1ccc(Cl)cc1Cl)Nc1cccc2cccnc12. The predicted octanol–water partition coefficient (Wildman–Crippen LogP) is 5.34. The lowest BCUT2D eigenvalue weighted by Gasteiger charge is -2.09. The van der Waals surface area contributed by atoms with Crippen molar-refractivity contribution >= 4 is 45.7 Å². The molecule has 0 saturated carbocycles. The van der Waals surface area contributed by atoms with Gasteiger partial charge in [-0.15, -0.1) is 0 Å². The number of benzene rings is 2. The van der Waals surface area contributed by atoms with E-state index in [2.05, 4.69) is 10.3 Å². The van der Waals surface area contributed by atoms with E-state index in [1.165, 1.54) is 0 Å². The van der Waals surface area contributed by atoms with Crippen LogP contribution in [0.1, 0.15) is 12.8 Å². The number of ether oxygens (including phenoxy) is 1. The smallest absolute Gasteiger partial charge is 0.224 e. The van der Waals surface area contributed by atoms with Crippen molar-refractivity contribution in [3.8, 4) is 5.75 Å². The van der Waals surface area contributed by atoms with Crippen LogP contribution in [0.25, 0.3) is 10.9 Å². The van der Waals surface area contributed by atoms with Gasteiger partial charge in [-0.2, -0.15) is 0 Å². The minimum atomic E-state index is -0.0797. The number of amides is 1. The second-order valence-corrected chi connectivity index (χ2v) is 6.30. The molecule has 0 unspecified atom stereocenters. The molecule has 4 nitrogen and oxygen atoms in total. The molecule has 0 aliphatic carbocycles. The van der Waals surface area contributed by atoms with Crippen molar-refractivity contribution in [2.75, 3.05) is 11.9 Å². The van der Waals surface area contributed by atoms with Crippen molar-refractivity contribution < 1.29 is 9.53 Å². The van der Waals surface area contributed by atoms with E-state index in [1.54, 1.807) is 24.4 Å². The van der Waals surface area contributed by atoms with Gasteiger partial charge in [0, 0.05) is 23.0 Å². The maximum absolute atomic E-state index is 12.1. The molecule has 1 aromatic heterocycles. The van der Waals surface area contributed by atoms with Crippen molar-refractivity contribution in [3.63, 3.8) is 0 Å². The fourth-order valence-electron chi connectivity index (χ4n) is 2.42. The molecule has 0 spiro atoms. The van der Waals surface area contributed by atoms with Crippen molar-refractivity contribution in [1.82, 2.24) is 4.98 Å². The van der Waals surface area contributed by atoms with E-state index in [1.807, 2.05) is 30.3 Å². The number of carbonyl (C=O) groups excluding carboxylic acids is 1. The van der Waals surface area contributed by atoms with E-state index in [9.17, 15) is 4.79 Å². The number of rotatable bonds is 6. The quantitative estimate of drug-likeness (QED) is 0.592. The van der Waals surface area contributed by atoms with Gasteiger partial charge in [-0.1, -0.05) is 41.4 Å². The molecule has 128 valence electrons. The molecule has 1 heterocycles. The zero-order valence-electron chi connectivity index (χ0n) is 13.3. The summed E-state index contributed by atoms with van der Waals surface area (Å²) < 4.78 is 5.58. The number of hydrogen-bond acceptors (Lipinski definition) is 3. The zero-order valence-corrected chi connectivity index (χ0v) is 14.8. The van der Waals surface area contributed by atoms with Gasteiger partial charge in [-0.3, -0.25) is 9.78 Å². The van der Waals surface area contributed by atoms with Gasteiger partial charge in [0.15, 0.2) is 0 Å². The Morgan fingerprint density at radius 2 is 1.96 bits per heavy atom. The number of halogens is 2. The van der Waals surface area contributed by atoms with Crippen LogP contribution in [0.5, 0.6) is 5.75 Å². The number of hydrogen-bond donors (Lipinski definition) is 1. The predicted molar refractivity (Wildman–Crippen MR) is 102 cm³/mol. The summed E-state index contributed by atoms with van der Waals surface area (Å²) in [4.78, 5) is 16.5. The minimum Gasteiger partial charge on any atom is -0.492 e. The van der Waals surface area contributed by atoms with Crippen LogP contribution in [0.15, 0.2) is 54.7 Å². The molecule has 0 fully saturated rings. The number of carbonyl (C=O) groups is 1. The number of fused-ring (bicyclic) bond motifs is 1. The maximum Gasteiger partial charge on any atom is 0.224 e. The van der Waals surface area contributed by atoms with Gasteiger partial charge < -0.3 is 10.1 Å². The lowest BCUT2D eigenvalue weighted by atomic mass is 10.2. The maximum atomic E-state index is 12.1. The molecule has 3 aromatic rings. The summed E-state index contributed by atoms with van der Waals surface area (Å²) in [7, 11) is 0. The highest BCUT2D eigenvalue weighted by atomic mass is 35.5. The Morgan fingerprint density at radius 1 is 1.12 bits per heavy atom. The third-order valence-electron chi connectivity index (χ3n) is 3.61. The highest BCUT2D eigenvalue weighted by Crippen LogP contribution is 2.27. The molecule has 6 heteroatoms. The molecule has 1 N–H and O–H groups in total. The van der Waals surface area contributed by atoms with E-state index in [-0.39, 0.29) is 5.91 Å². The molecule has 0 radical (unpaired) electrons. The Bertz CT molecular complexity index is 894. The van der Waals surface area contributed by atoms with Crippen LogP contribution >= 0.6 is 23.2 Å². The van der Waals surface area contributed by atoms with Crippen molar-refractivity contribution in [2.24, 2.45) is 0 Å². The van der Waals surface area contributed by atoms with E-state index >= 15 is 0 Å². The standard InChI is InChI=1S/C19H16Cl2N2O2/c20-14-8-9-17(15(21)12-14)25-11-3-7-18(24)23-16-6-1-4-13-5-2-10-22-19(13)16/h1-2,4-6,8-10,12H,3,7,11H2,(H,23,24). The first-order valence-electron chi connectivity index (χ1n) is 7.85. The Kier molecular flexibility index (Phi) is 5.74. The average molecular weight is 375 g/mol. The number of nitrogens with one attached hydrogen (secondary N) is 1. The molecular formula is C19H16Cl2N2O2. The normalized spacial score (nSPS) is 10.6. The highest BCUT2D eigenvalue weighted by Gasteiger charge is 2.07. The zero-order chi connectivity index (χ0) is 17.6. The molecule has 0 bridgehead atoms. The molecule has 2 aromatic carbocycles. The van der Waals surface area contributed by atoms with Crippen molar-refractivity contribution in [1.29, 1.82) is 0 Å². The Hall–Kier alpha value is -2.30. The molecule has 0 atom stereocenters. The summed E-state index contributed by atoms with van der Waals surface area (Å²) in [6.07, 6.45) is 2.62. The third kappa shape index (κ3) is 4.62. The highest BCUT2D eigenvalue weighted by molar-refractivity contribution is 6.35. The summed E-state index contributed by atoms with van der Waals surface area (Å²) in [5.41, 5.74) is 1.49. The Balaban J connectivity index is 1.51. The number of nitrogens with zero attached hydrogens (tertiary/aromatic N) is 1. The number of pyridine rings is 1. The molecular weight excluding hydrogens is 359 g/mol. The topological polar surface area (TPSA) is 51.2 Å². The second-order valence-electron chi connectivity index (χ2n) is 5.46. The first-order valence-corrected chi connectivity index (χ1v) is 8.60. The fraction of sp³-hybridized carbons (Fsp3) is 0.158. The summed E-state index contributed by atoms with van der Waals surface area (Å²) in [6, 6.07) is 14.6. The largest absolute Gasteiger partial charge is 0.492 e. The van der Waals surface area contributed by atoms with E-state index in [0.717, 1.165) is 10.9 Å². The molecule has 0 aliphatic rings. The Morgan fingerprint density at radius 3 is 2.80 bits per heavy atom. The molecule has 0 saturated heterocycles. The first-order chi connectivity index (χ1) is 12.1. The first kappa shape index (κ1) is 17.5. The third-order valence-corrected chi connectivity index (χ3v) is 4.14. The van der Waals surface area contributed by atoms with Gasteiger partial charge in [-0.05, 0) is 36.8 Å². The number of aromatic nitrogens is 1. The van der Waals surface area contributed by atoms with Crippen LogP contribution in [-0.4, -0.2) is 17.5 Å². The van der Waals surface area contributed by atoms with Gasteiger partial charge in [0.1, 0.15) is 5.75 Å². The molecule has 25 heavy (non-hydrogen) atoms. The van der Waals surface area contributed by atoms with Crippen LogP contribution in [0.4, 0.5) is 5.69 Å². The van der Waals surface area contributed by atoms with E-state index < -0.39 is 0 Å². The van der Waals surface area contributed by atoms with Crippen LogP contribution in [-0.2, 0) is 4.79 Å². The van der Waals surface area contributed by atoms with Gasteiger partial charge in [0.2, 0.25) is 5.91 Å². The Labute approximate surface area is 155 Å². The van der Waals surface area contributed by atoms with E-state index in [0.29, 0.717) is 40.9 Å². The number of para-hydroxylation sites is 1. The fourth-order valence-corrected chi connectivity index (χ4v) is 2.89. The monoisotopic (exact) mass is 374 g/mol. The lowest BCUT2D eigenvalue weighted by molar-refractivity contribution is -0.116. The summed E-state index contributed by atoms with van der Waals surface area (Å²) >= 11 is 11.9. The van der Waals surface area contributed by atoms with Crippen LogP contribution in [0.3, 0.4) is 0 Å². The van der Waals surface area contributed by atoms with Gasteiger partial charge >= 0.3 is 0 Å². The summed E-state index contributed by atoms with van der Waals surface area (Å²) in [5.74, 6) is 0.480. The molecule has 0 aliphatic heterocycles. The summed E-state index contributed by atoms with van der Waals surface area (Å²) in [6.45, 7) is 0.391. The van der Waals surface area contributed by atoms with Gasteiger partial charge in [0.25, 0.3) is 0 Å². The second kappa shape index (κ2) is 8.19. The molecule has 1 amide bonds. The minimum absolute atomic E-state index is 0.0797. The van der Waals surface area contributed by atoms with Gasteiger partial charge in [0.05, 0.1) is 22.8 Å². The van der Waals surface area contributed by atoms with E-state index in [4.69, 9.17) is 27.9 Å². The van der Waals surface area contributed by atoms with Crippen molar-refractivity contribution in [2.45, 2.75) is 12.8 Å². The van der Waals surface area contributed by atoms with Crippen LogP contribution < -0.4 is 10.1 Å². The average Bonchev–Trinajstić information content (AvgIpc) is 2.60. The van der Waals surface area contributed by atoms with Gasteiger partial charge in [-0.25, -0.2) is 0 Å². The summed E-state index contributed by atoms with van der Waals surface area (Å²) in [5, 5.41) is 4.90. The van der Waals surface area contributed by atoms with Crippen LogP contribution in [0, 0.1) is 0 Å². The van der Waals surface area contributed by atoms with Crippen molar-refractivity contribution in [3.05, 3.63) is 64.8 Å². The lowest BCUT2D eigenvalue weighted by Crippen LogP contribution is -2.13. The van der Waals surface area contributed by atoms with Crippen LogP contribution in [0.2, 0.25) is 10.0 Å². The molecule has 3 rings (SSSR count). The number of anilines is 1.